The second-order valence-corrected chi connectivity index (χ2v) is 10.8. The Balaban J connectivity index is 1.38. The Kier molecular flexibility index (Phi) is 6.85. The lowest BCUT2D eigenvalue weighted by atomic mass is 10.1. The highest BCUT2D eigenvalue weighted by molar-refractivity contribution is 7.13. The summed E-state index contributed by atoms with van der Waals surface area (Å²) in [6.45, 7) is 1.47. The first-order valence-corrected chi connectivity index (χ1v) is 14.1. The van der Waals surface area contributed by atoms with E-state index in [0.717, 1.165) is 36.4 Å². The third-order valence-corrected chi connectivity index (χ3v) is 8.43. The average Bonchev–Trinajstić information content (AvgIpc) is 3.62. The molecule has 10 heteroatoms. The number of Topliss-reactive ketones (excluding diaryl/α,β-unsaturated/α-hetero) is 1. The van der Waals surface area contributed by atoms with Crippen molar-refractivity contribution in [2.24, 2.45) is 7.05 Å². The number of ketones is 1. The van der Waals surface area contributed by atoms with Crippen LogP contribution in [-0.4, -0.2) is 52.0 Å². The molecule has 0 spiro atoms. The fourth-order valence-electron chi connectivity index (χ4n) is 5.64. The highest BCUT2D eigenvalue weighted by Gasteiger charge is 2.30. The van der Waals surface area contributed by atoms with Gasteiger partial charge >= 0.3 is 0 Å². The summed E-state index contributed by atoms with van der Waals surface area (Å²) in [5.74, 6) is -0.255. The topological polar surface area (TPSA) is 98.5 Å². The number of nitrogens with one attached hydrogen (secondary N) is 1. The quantitative estimate of drug-likeness (QED) is 0.302. The molecule has 4 heterocycles. The van der Waals surface area contributed by atoms with Gasteiger partial charge in [-0.05, 0) is 18.9 Å². The minimum atomic E-state index is -0.374. The number of aryl methyl sites for hydroxylation is 1. The van der Waals surface area contributed by atoms with E-state index in [4.69, 9.17) is 4.74 Å². The van der Waals surface area contributed by atoms with Crippen LogP contribution in [0.15, 0.2) is 71.0 Å². The Labute approximate surface area is 234 Å². The van der Waals surface area contributed by atoms with Crippen LogP contribution in [0.3, 0.4) is 0 Å². The predicted octanol–water partition coefficient (Wildman–Crippen LogP) is 4.24. The predicted molar refractivity (Wildman–Crippen MR) is 157 cm³/mol. The zero-order chi connectivity index (χ0) is 27.8. The molecular weight excluding hydrogens is 526 g/mol. The van der Waals surface area contributed by atoms with Gasteiger partial charge in [0.05, 0.1) is 24.7 Å². The van der Waals surface area contributed by atoms with Gasteiger partial charge in [0.15, 0.2) is 22.4 Å². The maximum absolute atomic E-state index is 14.0. The van der Waals surface area contributed by atoms with Crippen molar-refractivity contribution in [1.29, 1.82) is 0 Å². The van der Waals surface area contributed by atoms with Gasteiger partial charge in [0.1, 0.15) is 5.39 Å². The number of pyridine rings is 1. The van der Waals surface area contributed by atoms with Crippen LogP contribution in [0.1, 0.15) is 33.7 Å². The number of nitrogens with zero attached hydrogens (tertiary/aromatic N) is 4. The van der Waals surface area contributed by atoms with E-state index in [0.29, 0.717) is 16.6 Å². The molecule has 1 N–H and O–H groups in total. The number of carbonyl (C=O) groups is 2. The van der Waals surface area contributed by atoms with Gasteiger partial charge in [-0.1, -0.05) is 48.5 Å². The van der Waals surface area contributed by atoms with Crippen LogP contribution >= 0.6 is 11.3 Å². The van der Waals surface area contributed by atoms with Crippen molar-refractivity contribution in [3.63, 3.8) is 0 Å². The van der Waals surface area contributed by atoms with Gasteiger partial charge in [0.25, 0.3) is 11.5 Å². The number of para-hydroxylation sites is 1. The van der Waals surface area contributed by atoms with Crippen molar-refractivity contribution in [1.82, 2.24) is 19.4 Å². The van der Waals surface area contributed by atoms with Crippen LogP contribution in [0, 0.1) is 0 Å². The number of thiazole rings is 1. The average molecular weight is 556 g/mol. The number of anilines is 1. The van der Waals surface area contributed by atoms with Crippen molar-refractivity contribution in [2.75, 3.05) is 25.1 Å². The Morgan fingerprint density at radius 2 is 1.80 bits per heavy atom. The molecule has 1 aliphatic rings. The summed E-state index contributed by atoms with van der Waals surface area (Å²) >= 11 is 1.61. The van der Waals surface area contributed by atoms with Crippen molar-refractivity contribution >= 4 is 50.0 Å². The molecule has 40 heavy (non-hydrogen) atoms. The summed E-state index contributed by atoms with van der Waals surface area (Å²) in [6.07, 6.45) is 3.37. The first kappa shape index (κ1) is 25.8. The molecule has 9 nitrogen and oxygen atoms in total. The number of ether oxygens (including phenoxy) is 1. The number of amides is 1. The number of hydrogen-bond donors (Lipinski definition) is 1. The zero-order valence-electron chi connectivity index (χ0n) is 22.3. The summed E-state index contributed by atoms with van der Waals surface area (Å²) < 4.78 is 8.95. The third kappa shape index (κ3) is 4.44. The fraction of sp³-hybridized carbons (Fsp3) is 0.267. The summed E-state index contributed by atoms with van der Waals surface area (Å²) in [7, 11) is 3.24. The molecule has 0 unspecified atom stereocenters. The van der Waals surface area contributed by atoms with E-state index in [1.807, 2.05) is 35.7 Å². The third-order valence-electron chi connectivity index (χ3n) is 7.60. The largest absolute Gasteiger partial charge is 0.493 e. The summed E-state index contributed by atoms with van der Waals surface area (Å²) in [4.78, 5) is 47.4. The Morgan fingerprint density at radius 3 is 2.50 bits per heavy atom. The molecule has 1 amide bonds. The number of carbonyl (C=O) groups excluding carboxylic acids is 2. The van der Waals surface area contributed by atoms with Crippen LogP contribution in [0.25, 0.3) is 21.8 Å². The molecule has 204 valence electrons. The van der Waals surface area contributed by atoms with E-state index in [9.17, 15) is 14.4 Å². The number of hydrogen-bond acceptors (Lipinski definition) is 7. The van der Waals surface area contributed by atoms with Crippen molar-refractivity contribution in [2.45, 2.75) is 25.4 Å². The molecule has 5 aromatic rings. The highest BCUT2D eigenvalue weighted by atomic mass is 32.1. The zero-order valence-corrected chi connectivity index (χ0v) is 23.1. The van der Waals surface area contributed by atoms with Gasteiger partial charge in [-0.3, -0.25) is 19.0 Å². The molecule has 0 bridgehead atoms. The molecule has 1 aliphatic heterocycles. The van der Waals surface area contributed by atoms with Crippen molar-refractivity contribution in [3.8, 4) is 5.75 Å². The SMILES string of the molecule is COc1c(C(=O)NC2CCN(c3nccs3)CC2)n(C)c2c1c(=O)n(CC(=O)c1ccccc1)c1ccccc21. The van der Waals surface area contributed by atoms with Crippen LogP contribution in [0.4, 0.5) is 5.13 Å². The molecule has 1 fully saturated rings. The van der Waals surface area contributed by atoms with Crippen LogP contribution in [0.5, 0.6) is 5.75 Å². The number of fused-ring (bicyclic) bond motifs is 3. The van der Waals surface area contributed by atoms with E-state index in [1.54, 1.807) is 53.4 Å². The van der Waals surface area contributed by atoms with Gasteiger partial charge in [-0.25, -0.2) is 4.98 Å². The van der Waals surface area contributed by atoms with Gasteiger partial charge in [-0.2, -0.15) is 0 Å². The van der Waals surface area contributed by atoms with Crippen molar-refractivity contribution < 1.29 is 14.3 Å². The molecule has 0 aliphatic carbocycles. The lowest BCUT2D eigenvalue weighted by molar-refractivity contribution is 0.0918. The van der Waals surface area contributed by atoms with Crippen LogP contribution in [-0.2, 0) is 13.6 Å². The number of piperidine rings is 1. The minimum Gasteiger partial charge on any atom is -0.493 e. The number of aromatic nitrogens is 3. The number of rotatable bonds is 7. The smallest absolute Gasteiger partial charge is 0.272 e. The van der Waals surface area contributed by atoms with Gasteiger partial charge in [-0.15, -0.1) is 11.3 Å². The van der Waals surface area contributed by atoms with Crippen LogP contribution in [0.2, 0.25) is 0 Å². The van der Waals surface area contributed by atoms with Gasteiger partial charge in [0, 0.05) is 48.7 Å². The molecule has 3 aromatic heterocycles. The normalized spacial score (nSPS) is 14.1. The second kappa shape index (κ2) is 10.6. The molecule has 0 atom stereocenters. The Hall–Kier alpha value is -4.44. The lowest BCUT2D eigenvalue weighted by Crippen LogP contribution is -2.45. The lowest BCUT2D eigenvalue weighted by Gasteiger charge is -2.32. The van der Waals surface area contributed by atoms with Crippen molar-refractivity contribution in [3.05, 3.63) is 87.8 Å². The number of methoxy groups -OCH3 is 1. The first-order chi connectivity index (χ1) is 19.5. The van der Waals surface area contributed by atoms with E-state index >= 15 is 0 Å². The molecule has 1 saturated heterocycles. The molecular formula is C30H29N5O4S. The monoisotopic (exact) mass is 555 g/mol. The molecule has 0 radical (unpaired) electrons. The van der Waals surface area contributed by atoms with E-state index < -0.39 is 0 Å². The minimum absolute atomic E-state index is 0.0108. The van der Waals surface area contributed by atoms with Crippen LogP contribution < -0.4 is 20.5 Å². The molecule has 6 rings (SSSR count). The molecule has 0 saturated carbocycles. The molecule has 2 aromatic carbocycles. The van der Waals surface area contributed by atoms with E-state index in [1.165, 1.54) is 11.7 Å². The summed E-state index contributed by atoms with van der Waals surface area (Å²) in [5.41, 5.74) is 1.66. The van der Waals surface area contributed by atoms with Gasteiger partial charge < -0.3 is 19.5 Å². The second-order valence-electron chi connectivity index (χ2n) is 9.91. The number of benzene rings is 2. The standard InChI is InChI=1S/C30H29N5O4S/c1-33-25-21-10-6-7-11-22(21)35(18-23(36)19-8-4-3-5-9-19)29(38)24(25)27(39-2)26(33)28(37)32-20-12-15-34(16-13-20)30-31-14-17-40-30/h3-11,14,17,20H,12-13,15-16,18H2,1-2H3,(H,32,37). The summed E-state index contributed by atoms with van der Waals surface area (Å²) in [5, 5.41) is 7.17. The first-order valence-electron chi connectivity index (χ1n) is 13.2. The highest BCUT2D eigenvalue weighted by Crippen LogP contribution is 2.35. The Bertz CT molecular complexity index is 1770. The Morgan fingerprint density at radius 1 is 1.07 bits per heavy atom. The summed E-state index contributed by atoms with van der Waals surface area (Å²) in [6, 6.07) is 16.3. The fourth-order valence-corrected chi connectivity index (χ4v) is 6.33. The maximum atomic E-state index is 14.0. The van der Waals surface area contributed by atoms with E-state index in [2.05, 4.69) is 15.2 Å². The van der Waals surface area contributed by atoms with Gasteiger partial charge in [0.2, 0.25) is 0 Å². The maximum Gasteiger partial charge on any atom is 0.272 e. The van der Waals surface area contributed by atoms with E-state index in [-0.39, 0.29) is 46.7 Å².